The van der Waals surface area contributed by atoms with E-state index in [1.165, 1.54) is 37.4 Å². The van der Waals surface area contributed by atoms with Crippen LogP contribution in [0, 0.1) is 21.2 Å². The highest BCUT2D eigenvalue weighted by Gasteiger charge is 2.27. The van der Waals surface area contributed by atoms with Crippen LogP contribution in [-0.2, 0) is 11.2 Å². The van der Waals surface area contributed by atoms with Gasteiger partial charge in [0.15, 0.2) is 29.6 Å². The van der Waals surface area contributed by atoms with Crippen LogP contribution in [0.15, 0.2) is 48.8 Å². The number of aromatic nitrogens is 1. The summed E-state index contributed by atoms with van der Waals surface area (Å²) in [6, 6.07) is 7.59. The van der Waals surface area contributed by atoms with Gasteiger partial charge in [0.1, 0.15) is 16.1 Å². The lowest BCUT2D eigenvalue weighted by Crippen LogP contribution is -2.25. The van der Waals surface area contributed by atoms with Crippen molar-refractivity contribution in [1.82, 2.24) is 0 Å². The lowest BCUT2D eigenvalue weighted by Gasteiger charge is -2.21. The number of carbonyl (C=O) groups is 1. The summed E-state index contributed by atoms with van der Waals surface area (Å²) in [6.45, 7) is -2.82. The first-order valence-electron chi connectivity index (χ1n) is 11.9. The highest BCUT2D eigenvalue weighted by atomic mass is 35.5. The number of pyridine rings is 1. The maximum atomic E-state index is 13.2. The highest BCUT2D eigenvalue weighted by Crippen LogP contribution is 2.38. The summed E-state index contributed by atoms with van der Waals surface area (Å²) in [5.41, 5.74) is -0.0352. The zero-order chi connectivity index (χ0) is 29.0. The number of carbonyl (C=O) groups excluding carboxylic acids is 1. The first-order valence-corrected chi connectivity index (χ1v) is 12.6. The molecule has 0 amide bonds. The minimum Gasteiger partial charge on any atom is -0.619 e. The van der Waals surface area contributed by atoms with E-state index in [9.17, 15) is 28.9 Å². The second-order valence-corrected chi connectivity index (χ2v) is 9.69. The molecule has 1 aliphatic rings. The molecule has 0 bridgehead atoms. The van der Waals surface area contributed by atoms with Gasteiger partial charge in [-0.1, -0.05) is 29.3 Å². The van der Waals surface area contributed by atoms with Crippen LogP contribution in [0.3, 0.4) is 0 Å². The Kier molecular flexibility index (Phi) is 9.10. The molecule has 1 heterocycles. The fourth-order valence-corrected chi connectivity index (χ4v) is 4.42. The van der Waals surface area contributed by atoms with Crippen LogP contribution in [0.25, 0.3) is 0 Å². The molecule has 1 unspecified atom stereocenters. The number of nitrogens with zero attached hydrogens (tertiary/aromatic N) is 2. The van der Waals surface area contributed by atoms with E-state index in [4.69, 9.17) is 37.4 Å². The Hall–Kier alpha value is -3.90. The predicted octanol–water partition coefficient (Wildman–Crippen LogP) is 6.07. The molecule has 0 spiro atoms. The maximum Gasteiger partial charge on any atom is 0.387 e. The van der Waals surface area contributed by atoms with Crippen LogP contribution < -0.4 is 18.9 Å². The number of alkyl halides is 2. The SMILES string of the molecule is COc1ccc(C(=O)OC(Cc2c(Cl)c[n+]([O-])cc2Cl)c2ccc(OC(F)F)c(OCC3CC3)c2)cc1[N+](=O)[O-]. The molecule has 10 nitrogen and oxygen atoms in total. The molecule has 4 rings (SSSR count). The second-order valence-electron chi connectivity index (χ2n) is 8.87. The van der Waals surface area contributed by atoms with Gasteiger partial charge in [-0.15, -0.1) is 0 Å². The number of nitro groups is 1. The maximum absolute atomic E-state index is 13.2. The van der Waals surface area contributed by atoms with Crippen LogP contribution in [0.2, 0.25) is 10.0 Å². The molecule has 14 heteroatoms. The molecule has 1 aromatic heterocycles. The molecule has 1 fully saturated rings. The summed E-state index contributed by atoms with van der Waals surface area (Å²) in [7, 11) is 1.25. The van der Waals surface area contributed by atoms with Crippen LogP contribution in [0.4, 0.5) is 14.5 Å². The van der Waals surface area contributed by atoms with E-state index >= 15 is 0 Å². The Balaban J connectivity index is 1.72. The van der Waals surface area contributed by atoms with E-state index in [-0.39, 0.29) is 51.4 Å². The molecule has 1 aliphatic carbocycles. The lowest BCUT2D eigenvalue weighted by atomic mass is 10.0. The van der Waals surface area contributed by atoms with Gasteiger partial charge in [0.05, 0.1) is 24.2 Å². The van der Waals surface area contributed by atoms with Gasteiger partial charge < -0.3 is 24.2 Å². The summed E-state index contributed by atoms with van der Waals surface area (Å²) < 4.78 is 47.5. The van der Waals surface area contributed by atoms with Crippen LogP contribution in [0.5, 0.6) is 17.2 Å². The van der Waals surface area contributed by atoms with Gasteiger partial charge in [-0.3, -0.25) is 10.1 Å². The van der Waals surface area contributed by atoms with E-state index in [2.05, 4.69) is 4.74 Å². The number of esters is 1. The van der Waals surface area contributed by atoms with Crippen LogP contribution in [0.1, 0.15) is 40.4 Å². The van der Waals surface area contributed by atoms with E-state index in [0.717, 1.165) is 31.3 Å². The van der Waals surface area contributed by atoms with Crippen molar-refractivity contribution in [2.45, 2.75) is 32.0 Å². The molecule has 2 aromatic carbocycles. The Morgan fingerprint density at radius 1 is 1.10 bits per heavy atom. The number of methoxy groups -OCH3 is 1. The van der Waals surface area contributed by atoms with Crippen LogP contribution >= 0.6 is 23.2 Å². The minimum atomic E-state index is -3.10. The van der Waals surface area contributed by atoms with Crippen molar-refractivity contribution in [3.63, 3.8) is 0 Å². The average molecular weight is 599 g/mol. The smallest absolute Gasteiger partial charge is 0.387 e. The van der Waals surface area contributed by atoms with E-state index in [0.29, 0.717) is 16.2 Å². The summed E-state index contributed by atoms with van der Waals surface area (Å²) in [5.74, 6) is -0.903. The molecule has 0 saturated heterocycles. The van der Waals surface area contributed by atoms with Crippen LogP contribution in [-0.4, -0.2) is 31.2 Å². The number of halogens is 4. The Morgan fingerprint density at radius 3 is 2.38 bits per heavy atom. The fraction of sp³-hybridized carbons (Fsp3) is 0.308. The number of ether oxygens (including phenoxy) is 4. The molecule has 0 aliphatic heterocycles. The lowest BCUT2D eigenvalue weighted by molar-refractivity contribution is -0.605. The molecular weight excluding hydrogens is 577 g/mol. The summed E-state index contributed by atoms with van der Waals surface area (Å²) >= 11 is 12.5. The third kappa shape index (κ3) is 7.19. The topological polar surface area (TPSA) is 124 Å². The van der Waals surface area contributed by atoms with E-state index in [1.807, 2.05) is 0 Å². The summed E-state index contributed by atoms with van der Waals surface area (Å²) in [5, 5.41) is 23.2. The van der Waals surface area contributed by atoms with Gasteiger partial charge in [0.25, 0.3) is 0 Å². The molecule has 1 saturated carbocycles. The molecule has 1 atom stereocenters. The van der Waals surface area contributed by atoms with E-state index < -0.39 is 29.3 Å². The molecule has 3 aromatic rings. The fourth-order valence-electron chi connectivity index (χ4n) is 3.82. The van der Waals surface area contributed by atoms with Gasteiger partial charge in [-0.2, -0.15) is 13.5 Å². The van der Waals surface area contributed by atoms with E-state index in [1.54, 1.807) is 0 Å². The predicted molar refractivity (Wildman–Crippen MR) is 138 cm³/mol. The molecular formula is C26H22Cl2F2N2O8. The zero-order valence-electron chi connectivity index (χ0n) is 20.9. The Labute approximate surface area is 236 Å². The van der Waals surface area contributed by atoms with Crippen molar-refractivity contribution in [2.75, 3.05) is 13.7 Å². The average Bonchev–Trinajstić information content (AvgIpc) is 3.73. The van der Waals surface area contributed by atoms with Crippen molar-refractivity contribution in [3.05, 3.63) is 90.8 Å². The van der Waals surface area contributed by atoms with Gasteiger partial charge in [-0.25, -0.2) is 4.79 Å². The number of hydrogen-bond acceptors (Lipinski definition) is 8. The van der Waals surface area contributed by atoms with Crippen molar-refractivity contribution >= 4 is 34.9 Å². The first kappa shape index (κ1) is 29.1. The molecule has 40 heavy (non-hydrogen) atoms. The molecule has 0 N–H and O–H groups in total. The number of benzene rings is 2. The van der Waals surface area contributed by atoms with Gasteiger partial charge >= 0.3 is 18.3 Å². The zero-order valence-corrected chi connectivity index (χ0v) is 22.4. The Bertz CT molecular complexity index is 1400. The third-order valence-electron chi connectivity index (χ3n) is 6.03. The number of rotatable bonds is 12. The molecule has 0 radical (unpaired) electrons. The quantitative estimate of drug-likeness (QED) is 0.0808. The highest BCUT2D eigenvalue weighted by molar-refractivity contribution is 6.35. The largest absolute Gasteiger partial charge is 0.619 e. The minimum absolute atomic E-state index is 0.00786. The van der Waals surface area contributed by atoms with Crippen molar-refractivity contribution in [2.24, 2.45) is 5.92 Å². The first-order chi connectivity index (χ1) is 19.0. The Morgan fingerprint density at radius 2 is 1.77 bits per heavy atom. The van der Waals surface area contributed by atoms with Crippen molar-refractivity contribution in [3.8, 4) is 17.2 Å². The third-order valence-corrected chi connectivity index (χ3v) is 6.69. The van der Waals surface area contributed by atoms with Crippen molar-refractivity contribution in [1.29, 1.82) is 0 Å². The summed E-state index contributed by atoms with van der Waals surface area (Å²) in [6.07, 6.45) is 2.75. The van der Waals surface area contributed by atoms with Crippen molar-refractivity contribution < 1.29 is 42.2 Å². The summed E-state index contributed by atoms with van der Waals surface area (Å²) in [4.78, 5) is 23.9. The standard InChI is InChI=1S/C26H22Cl2F2N2O8/c1-37-21-6-5-16(8-20(21)32(35)36)25(33)39-23(10-17-18(27)11-31(34)12-19(17)28)15-4-7-22(40-26(29)30)24(9-15)38-13-14-2-3-14/h4-9,11-12,14,23,26H,2-3,10,13H2,1H3. The number of hydrogen-bond donors (Lipinski definition) is 0. The second kappa shape index (κ2) is 12.5. The number of nitro benzene ring substituents is 1. The monoisotopic (exact) mass is 598 g/mol. The normalized spacial score (nSPS) is 13.6. The molecule has 212 valence electrons. The van der Waals surface area contributed by atoms with Gasteiger partial charge in [0.2, 0.25) is 0 Å². The van der Waals surface area contributed by atoms with Gasteiger partial charge in [0, 0.05) is 18.1 Å². The van der Waals surface area contributed by atoms with Gasteiger partial charge in [-0.05, 0) is 48.6 Å².